The van der Waals surface area contributed by atoms with E-state index >= 15 is 0 Å². The van der Waals surface area contributed by atoms with Gasteiger partial charge in [-0.05, 0) is 31.9 Å². The van der Waals surface area contributed by atoms with Crippen LogP contribution in [-0.4, -0.2) is 73.6 Å². The molecule has 2 heterocycles. The van der Waals surface area contributed by atoms with Crippen LogP contribution in [0.2, 0.25) is 0 Å². The minimum Gasteiger partial charge on any atom is -0.379 e. The van der Waals surface area contributed by atoms with Crippen molar-refractivity contribution in [3.05, 3.63) is 35.4 Å². The van der Waals surface area contributed by atoms with Gasteiger partial charge >= 0.3 is 0 Å². The van der Waals surface area contributed by atoms with Gasteiger partial charge < -0.3 is 15.0 Å². The average Bonchev–Trinajstić information content (AvgIpc) is 2.72. The lowest BCUT2D eigenvalue weighted by atomic mass is 9.95. The Morgan fingerprint density at radius 3 is 2.50 bits per heavy atom. The van der Waals surface area contributed by atoms with Gasteiger partial charge in [0.05, 0.1) is 18.8 Å². The summed E-state index contributed by atoms with van der Waals surface area (Å²) in [6, 6.07) is 3.20. The first kappa shape index (κ1) is 20.7. The zero-order chi connectivity index (χ0) is 20.1. The van der Waals surface area contributed by atoms with Crippen LogP contribution in [-0.2, 0) is 9.53 Å². The van der Waals surface area contributed by atoms with E-state index in [2.05, 4.69) is 17.1 Å². The Balaban J connectivity index is 1.45. The molecule has 3 rings (SSSR count). The van der Waals surface area contributed by atoms with Crippen LogP contribution in [0.1, 0.15) is 30.1 Å². The highest BCUT2D eigenvalue weighted by Crippen LogP contribution is 2.21. The van der Waals surface area contributed by atoms with Crippen LogP contribution in [0.3, 0.4) is 0 Å². The first-order valence-electron chi connectivity index (χ1n) is 9.79. The molecule has 0 bridgehead atoms. The number of likely N-dealkylation sites (tertiary alicyclic amines) is 1. The second-order valence-corrected chi connectivity index (χ2v) is 7.43. The highest BCUT2D eigenvalue weighted by molar-refractivity contribution is 5.94. The highest BCUT2D eigenvalue weighted by Gasteiger charge is 2.29. The molecule has 2 fully saturated rings. The third-order valence-electron chi connectivity index (χ3n) is 5.56. The molecule has 2 aliphatic rings. The molecule has 1 atom stereocenters. The van der Waals surface area contributed by atoms with E-state index in [-0.39, 0.29) is 23.4 Å². The van der Waals surface area contributed by atoms with Crippen LogP contribution in [0.5, 0.6) is 0 Å². The summed E-state index contributed by atoms with van der Waals surface area (Å²) in [5, 5.41) is 3.01. The molecule has 0 aliphatic carbocycles. The summed E-state index contributed by atoms with van der Waals surface area (Å²) in [5.41, 5.74) is -0.136. The van der Waals surface area contributed by atoms with Gasteiger partial charge in [-0.2, -0.15) is 0 Å². The lowest BCUT2D eigenvalue weighted by molar-refractivity contribution is -0.126. The molecule has 28 heavy (non-hydrogen) atoms. The molecule has 0 saturated carbocycles. The van der Waals surface area contributed by atoms with Crippen LogP contribution in [0.15, 0.2) is 18.2 Å². The van der Waals surface area contributed by atoms with Gasteiger partial charge in [0.15, 0.2) is 0 Å². The standard InChI is InChI=1S/C20H27F2N3O3/c1-14(24-8-10-28-11-9-24)13-23-19(26)15-4-6-25(7-5-15)20(27)17-3-2-16(21)12-18(17)22/h2-3,12,14-15H,4-11,13H2,1H3,(H,23,26). The van der Waals surface area contributed by atoms with Crippen molar-refractivity contribution < 1.29 is 23.1 Å². The van der Waals surface area contributed by atoms with E-state index < -0.39 is 17.5 Å². The SMILES string of the molecule is CC(CNC(=O)C1CCN(C(=O)c2ccc(F)cc2F)CC1)N1CCOCC1. The second kappa shape index (κ2) is 9.43. The molecule has 0 aromatic heterocycles. The summed E-state index contributed by atoms with van der Waals surface area (Å²) in [4.78, 5) is 28.7. The molecule has 1 unspecified atom stereocenters. The number of ether oxygens (including phenoxy) is 1. The molecule has 1 aromatic carbocycles. The maximum Gasteiger partial charge on any atom is 0.256 e. The average molecular weight is 395 g/mol. The van der Waals surface area contributed by atoms with Gasteiger partial charge in [0, 0.05) is 50.7 Å². The molecule has 0 radical (unpaired) electrons. The van der Waals surface area contributed by atoms with Crippen molar-refractivity contribution in [1.29, 1.82) is 0 Å². The van der Waals surface area contributed by atoms with E-state index in [1.54, 1.807) is 0 Å². The molecule has 1 aromatic rings. The summed E-state index contributed by atoms with van der Waals surface area (Å²) in [5.74, 6) is -2.19. The van der Waals surface area contributed by atoms with E-state index in [0.717, 1.165) is 32.4 Å². The van der Waals surface area contributed by atoms with Crippen LogP contribution < -0.4 is 5.32 Å². The van der Waals surface area contributed by atoms with Crippen molar-refractivity contribution in [3.63, 3.8) is 0 Å². The third kappa shape index (κ3) is 5.05. The van der Waals surface area contributed by atoms with E-state index in [1.165, 1.54) is 11.0 Å². The Labute approximate surface area is 163 Å². The number of nitrogens with one attached hydrogen (secondary N) is 1. The van der Waals surface area contributed by atoms with Gasteiger partial charge in [0.25, 0.3) is 5.91 Å². The Morgan fingerprint density at radius 1 is 1.18 bits per heavy atom. The second-order valence-electron chi connectivity index (χ2n) is 7.43. The zero-order valence-electron chi connectivity index (χ0n) is 16.1. The molecular weight excluding hydrogens is 368 g/mol. The molecule has 2 aliphatic heterocycles. The highest BCUT2D eigenvalue weighted by atomic mass is 19.1. The number of hydrogen-bond donors (Lipinski definition) is 1. The number of carbonyl (C=O) groups excluding carboxylic acids is 2. The monoisotopic (exact) mass is 395 g/mol. The van der Waals surface area contributed by atoms with Gasteiger partial charge in [0.2, 0.25) is 5.91 Å². The zero-order valence-corrected chi connectivity index (χ0v) is 16.1. The van der Waals surface area contributed by atoms with E-state index in [9.17, 15) is 18.4 Å². The van der Waals surface area contributed by atoms with E-state index in [0.29, 0.717) is 38.5 Å². The Morgan fingerprint density at radius 2 is 1.86 bits per heavy atom. The van der Waals surface area contributed by atoms with Crippen molar-refractivity contribution in [1.82, 2.24) is 15.1 Å². The number of benzene rings is 1. The first-order valence-corrected chi connectivity index (χ1v) is 9.79. The number of morpholine rings is 1. The van der Waals surface area contributed by atoms with Crippen LogP contribution in [0, 0.1) is 17.6 Å². The summed E-state index contributed by atoms with van der Waals surface area (Å²) in [6.07, 6.45) is 1.07. The van der Waals surface area contributed by atoms with Crippen LogP contribution in [0.4, 0.5) is 8.78 Å². The minimum absolute atomic E-state index is 0.000158. The molecule has 154 valence electrons. The summed E-state index contributed by atoms with van der Waals surface area (Å²) in [7, 11) is 0. The van der Waals surface area contributed by atoms with Gasteiger partial charge in [0.1, 0.15) is 11.6 Å². The fraction of sp³-hybridized carbons (Fsp3) is 0.600. The van der Waals surface area contributed by atoms with Crippen molar-refractivity contribution in [2.45, 2.75) is 25.8 Å². The largest absolute Gasteiger partial charge is 0.379 e. The van der Waals surface area contributed by atoms with Crippen molar-refractivity contribution >= 4 is 11.8 Å². The number of piperidine rings is 1. The molecule has 2 amide bonds. The Hall–Kier alpha value is -2.06. The number of nitrogens with zero attached hydrogens (tertiary/aromatic N) is 2. The molecule has 8 heteroatoms. The molecule has 1 N–H and O–H groups in total. The predicted octanol–water partition coefficient (Wildman–Crippen LogP) is 1.65. The van der Waals surface area contributed by atoms with E-state index in [1.807, 2.05) is 0 Å². The van der Waals surface area contributed by atoms with Gasteiger partial charge in [-0.1, -0.05) is 0 Å². The summed E-state index contributed by atoms with van der Waals surface area (Å²) in [6.45, 7) is 6.62. The number of rotatable bonds is 5. The number of halogens is 2. The van der Waals surface area contributed by atoms with Gasteiger partial charge in [-0.15, -0.1) is 0 Å². The summed E-state index contributed by atoms with van der Waals surface area (Å²) < 4.78 is 32.2. The normalized spacial score (nSPS) is 20.0. The number of carbonyl (C=O) groups is 2. The molecule has 6 nitrogen and oxygen atoms in total. The van der Waals surface area contributed by atoms with Crippen LogP contribution in [0.25, 0.3) is 0 Å². The fourth-order valence-corrected chi connectivity index (χ4v) is 3.72. The summed E-state index contributed by atoms with van der Waals surface area (Å²) >= 11 is 0. The topological polar surface area (TPSA) is 61.9 Å². The van der Waals surface area contributed by atoms with Gasteiger partial charge in [-0.3, -0.25) is 14.5 Å². The first-order chi connectivity index (χ1) is 13.5. The van der Waals surface area contributed by atoms with Gasteiger partial charge in [-0.25, -0.2) is 8.78 Å². The fourth-order valence-electron chi connectivity index (χ4n) is 3.72. The number of hydrogen-bond acceptors (Lipinski definition) is 4. The third-order valence-corrected chi connectivity index (χ3v) is 5.56. The minimum atomic E-state index is -0.859. The quantitative estimate of drug-likeness (QED) is 0.824. The van der Waals surface area contributed by atoms with Crippen molar-refractivity contribution in [3.8, 4) is 0 Å². The Kier molecular flexibility index (Phi) is 6.96. The smallest absolute Gasteiger partial charge is 0.256 e. The maximum absolute atomic E-state index is 13.8. The van der Waals surface area contributed by atoms with Crippen LogP contribution >= 0.6 is 0 Å². The number of amides is 2. The predicted molar refractivity (Wildman–Crippen MR) is 99.8 cm³/mol. The molecule has 2 saturated heterocycles. The molecule has 0 spiro atoms. The lowest BCUT2D eigenvalue weighted by Crippen LogP contribution is -2.49. The van der Waals surface area contributed by atoms with Crippen molar-refractivity contribution in [2.75, 3.05) is 45.9 Å². The maximum atomic E-state index is 13.8. The molecular formula is C20H27F2N3O3. The van der Waals surface area contributed by atoms with E-state index in [4.69, 9.17) is 4.74 Å². The lowest BCUT2D eigenvalue weighted by Gasteiger charge is -2.34. The Bertz CT molecular complexity index is 702. The van der Waals surface area contributed by atoms with Crippen molar-refractivity contribution in [2.24, 2.45) is 5.92 Å².